The van der Waals surface area contributed by atoms with Gasteiger partial charge in [0.1, 0.15) is 18.1 Å². The molecule has 3 rings (SSSR count). The number of benzene rings is 2. The number of likely N-dealkylation sites (N-methyl/N-ethyl adjacent to an activating group) is 2. The highest BCUT2D eigenvalue weighted by Gasteiger charge is 2.34. The minimum Gasteiger partial charge on any atom is -0.488 e. The molecule has 0 aliphatic carbocycles. The van der Waals surface area contributed by atoms with Crippen molar-refractivity contribution in [3.63, 3.8) is 0 Å². The van der Waals surface area contributed by atoms with Gasteiger partial charge in [-0.05, 0) is 99.1 Å². The Labute approximate surface area is 186 Å². The van der Waals surface area contributed by atoms with Gasteiger partial charge in [-0.1, -0.05) is 18.2 Å². The van der Waals surface area contributed by atoms with Gasteiger partial charge in [0.25, 0.3) is 5.91 Å². The lowest BCUT2D eigenvalue weighted by Gasteiger charge is -2.13. The summed E-state index contributed by atoms with van der Waals surface area (Å²) >= 11 is 11.2. The molecular weight excluding hydrogens is 539 g/mol. The summed E-state index contributed by atoms with van der Waals surface area (Å²) in [4.78, 5) is 15.8. The van der Waals surface area contributed by atoms with Gasteiger partial charge in [-0.15, -0.1) is 0 Å². The Morgan fingerprint density at radius 1 is 1.22 bits per heavy atom. The van der Waals surface area contributed by atoms with Crippen LogP contribution in [0.5, 0.6) is 5.75 Å². The van der Waals surface area contributed by atoms with Crippen LogP contribution in [0.15, 0.2) is 52.6 Å². The molecule has 0 N–H and O–H groups in total. The monoisotopic (exact) mass is 556 g/mol. The third-order valence-corrected chi connectivity index (χ3v) is 6.06. The van der Waals surface area contributed by atoms with Gasteiger partial charge in [0, 0.05) is 17.2 Å². The summed E-state index contributed by atoms with van der Waals surface area (Å²) in [5.41, 5.74) is 2.58. The van der Waals surface area contributed by atoms with Crippen molar-refractivity contribution < 1.29 is 9.53 Å². The fourth-order valence-electron chi connectivity index (χ4n) is 2.71. The zero-order valence-electron chi connectivity index (χ0n) is 14.9. The molecule has 0 aromatic heterocycles. The average Bonchev–Trinajstić information content (AvgIpc) is 2.85. The number of hydrogen-bond donors (Lipinski definition) is 0. The van der Waals surface area contributed by atoms with Crippen LogP contribution in [0.4, 0.5) is 0 Å². The van der Waals surface area contributed by atoms with Gasteiger partial charge in [-0.3, -0.25) is 9.69 Å². The molecule has 7 heteroatoms. The number of halogens is 2. The molecule has 2 aromatic rings. The van der Waals surface area contributed by atoms with Crippen molar-refractivity contribution in [1.29, 1.82) is 0 Å². The van der Waals surface area contributed by atoms with Crippen molar-refractivity contribution in [3.8, 4) is 5.75 Å². The second-order valence-corrected chi connectivity index (χ2v) is 8.49. The average molecular weight is 557 g/mol. The number of ether oxygens (including phenoxy) is 1. The molecule has 140 valence electrons. The Balaban J connectivity index is 1.75. The van der Waals surface area contributed by atoms with Crippen LogP contribution in [0, 0.1) is 3.57 Å². The molecule has 0 bridgehead atoms. The van der Waals surface area contributed by atoms with E-state index >= 15 is 0 Å². The van der Waals surface area contributed by atoms with Crippen LogP contribution < -0.4 is 4.74 Å². The van der Waals surface area contributed by atoms with Crippen LogP contribution in [0.25, 0.3) is 6.08 Å². The van der Waals surface area contributed by atoms with E-state index in [4.69, 9.17) is 17.0 Å². The lowest BCUT2D eigenvalue weighted by molar-refractivity contribution is -0.122. The Kier molecular flexibility index (Phi) is 6.54. The Morgan fingerprint density at radius 3 is 2.52 bits per heavy atom. The fourth-order valence-corrected chi connectivity index (χ4v) is 3.89. The number of carbonyl (C=O) groups excluding carboxylic acids is 1. The lowest BCUT2D eigenvalue weighted by atomic mass is 10.1. The zero-order chi connectivity index (χ0) is 19.6. The van der Waals surface area contributed by atoms with Gasteiger partial charge < -0.3 is 9.64 Å². The van der Waals surface area contributed by atoms with E-state index in [0.717, 1.165) is 21.3 Å². The Bertz CT molecular complexity index is 915. The summed E-state index contributed by atoms with van der Waals surface area (Å²) in [5.74, 6) is 0.688. The molecule has 0 atom stereocenters. The van der Waals surface area contributed by atoms with Crippen LogP contribution in [0.2, 0.25) is 0 Å². The van der Waals surface area contributed by atoms with Crippen molar-refractivity contribution in [3.05, 3.63) is 67.3 Å². The summed E-state index contributed by atoms with van der Waals surface area (Å²) in [5, 5.41) is 0.533. The Hall–Kier alpha value is -1.45. The lowest BCUT2D eigenvalue weighted by Crippen LogP contribution is -2.30. The molecule has 27 heavy (non-hydrogen) atoms. The molecule has 1 amide bonds. The first-order valence-electron chi connectivity index (χ1n) is 8.38. The van der Waals surface area contributed by atoms with Crippen LogP contribution in [0.1, 0.15) is 18.1 Å². The second-order valence-electron chi connectivity index (χ2n) is 6.03. The molecule has 0 spiro atoms. The molecule has 0 radical (unpaired) electrons. The first-order chi connectivity index (χ1) is 12.9. The zero-order valence-corrected chi connectivity index (χ0v) is 19.5. The maximum Gasteiger partial charge on any atom is 0.276 e. The first-order valence-corrected chi connectivity index (χ1v) is 10.7. The van der Waals surface area contributed by atoms with E-state index in [1.54, 1.807) is 9.80 Å². The number of thiocarbonyl (C=S) groups is 1. The summed E-state index contributed by atoms with van der Waals surface area (Å²) < 4.78 is 7.94. The second kappa shape index (κ2) is 8.70. The van der Waals surface area contributed by atoms with E-state index in [9.17, 15) is 4.79 Å². The highest BCUT2D eigenvalue weighted by Crippen LogP contribution is 2.29. The third-order valence-electron chi connectivity index (χ3n) is 4.23. The predicted molar refractivity (Wildman–Crippen MR) is 123 cm³/mol. The molecule has 1 saturated heterocycles. The third kappa shape index (κ3) is 4.52. The van der Waals surface area contributed by atoms with E-state index in [2.05, 4.69) is 62.8 Å². The summed E-state index contributed by atoms with van der Waals surface area (Å²) in [7, 11) is 1.81. The highest BCUT2D eigenvalue weighted by molar-refractivity contribution is 14.1. The standard InChI is InChI=1S/C20H18BrIN2O2S/c1-3-24-19(25)17(23(2)20(24)27)11-14-6-9-18(16(21)10-14)26-12-13-4-7-15(22)8-5-13/h4-11H,3,12H2,1-2H3/b17-11-. The number of amides is 1. The van der Waals surface area contributed by atoms with Crippen molar-refractivity contribution >= 4 is 67.8 Å². The molecule has 1 aliphatic heterocycles. The molecule has 0 saturated carbocycles. The number of carbonyl (C=O) groups is 1. The van der Waals surface area contributed by atoms with E-state index in [0.29, 0.717) is 24.0 Å². The highest BCUT2D eigenvalue weighted by atomic mass is 127. The Morgan fingerprint density at radius 2 is 1.93 bits per heavy atom. The quantitative estimate of drug-likeness (QED) is 0.293. The molecule has 0 unspecified atom stereocenters. The van der Waals surface area contributed by atoms with Crippen molar-refractivity contribution in [2.75, 3.05) is 13.6 Å². The van der Waals surface area contributed by atoms with E-state index in [-0.39, 0.29) is 5.91 Å². The minimum absolute atomic E-state index is 0.0693. The molecular formula is C20H18BrIN2O2S. The minimum atomic E-state index is -0.0693. The number of nitrogens with zero attached hydrogens (tertiary/aromatic N) is 2. The molecule has 1 heterocycles. The fraction of sp³-hybridized carbons (Fsp3) is 0.200. The SMILES string of the molecule is CCN1C(=O)/C(=C/c2ccc(OCc3ccc(I)cc3)c(Br)c2)N(C)C1=S. The predicted octanol–water partition coefficient (Wildman–Crippen LogP) is 5.05. The summed E-state index contributed by atoms with van der Waals surface area (Å²) in [6.07, 6.45) is 1.85. The van der Waals surface area contributed by atoms with Crippen LogP contribution in [-0.2, 0) is 11.4 Å². The maximum absolute atomic E-state index is 12.5. The van der Waals surface area contributed by atoms with Crippen LogP contribution in [-0.4, -0.2) is 34.4 Å². The van der Waals surface area contributed by atoms with E-state index in [1.165, 1.54) is 3.57 Å². The summed E-state index contributed by atoms with van der Waals surface area (Å²) in [6, 6.07) is 14.0. The van der Waals surface area contributed by atoms with Gasteiger partial charge >= 0.3 is 0 Å². The van der Waals surface area contributed by atoms with E-state index < -0.39 is 0 Å². The van der Waals surface area contributed by atoms with Crippen molar-refractivity contribution in [2.24, 2.45) is 0 Å². The molecule has 4 nitrogen and oxygen atoms in total. The first kappa shape index (κ1) is 20.3. The molecule has 1 aliphatic rings. The topological polar surface area (TPSA) is 32.8 Å². The van der Waals surface area contributed by atoms with Gasteiger partial charge in [-0.25, -0.2) is 0 Å². The normalized spacial score (nSPS) is 15.8. The molecule has 2 aromatic carbocycles. The maximum atomic E-state index is 12.5. The number of rotatable bonds is 5. The van der Waals surface area contributed by atoms with E-state index in [1.807, 2.05) is 38.2 Å². The van der Waals surface area contributed by atoms with Crippen molar-refractivity contribution in [1.82, 2.24) is 9.80 Å². The smallest absolute Gasteiger partial charge is 0.276 e. The van der Waals surface area contributed by atoms with Gasteiger partial charge in [0.2, 0.25) is 0 Å². The van der Waals surface area contributed by atoms with Gasteiger partial charge in [-0.2, -0.15) is 0 Å². The van der Waals surface area contributed by atoms with Crippen LogP contribution in [0.3, 0.4) is 0 Å². The molecule has 1 fully saturated rings. The largest absolute Gasteiger partial charge is 0.488 e. The summed E-state index contributed by atoms with van der Waals surface area (Å²) in [6.45, 7) is 2.97. The van der Waals surface area contributed by atoms with Gasteiger partial charge in [0.05, 0.1) is 4.47 Å². The van der Waals surface area contributed by atoms with Crippen LogP contribution >= 0.6 is 50.7 Å². The van der Waals surface area contributed by atoms with Gasteiger partial charge in [0.15, 0.2) is 5.11 Å². The number of hydrogen-bond acceptors (Lipinski definition) is 3. The van der Waals surface area contributed by atoms with Crippen molar-refractivity contribution in [2.45, 2.75) is 13.5 Å².